The van der Waals surface area contributed by atoms with Crippen molar-refractivity contribution in [3.63, 3.8) is 0 Å². The predicted molar refractivity (Wildman–Crippen MR) is 148 cm³/mol. The first kappa shape index (κ1) is 29.6. The maximum atomic E-state index is 13.1. The molecule has 0 saturated carbocycles. The van der Waals surface area contributed by atoms with Gasteiger partial charge in [0.1, 0.15) is 17.7 Å². The van der Waals surface area contributed by atoms with Crippen molar-refractivity contribution >= 4 is 64.5 Å². The summed E-state index contributed by atoms with van der Waals surface area (Å²) in [5.74, 6) is -0.877. The number of carbonyl (C=O) groups excluding carboxylic acids is 4. The molecule has 12 heteroatoms. The molecule has 0 bridgehead atoms. The van der Waals surface area contributed by atoms with Crippen molar-refractivity contribution in [3.05, 3.63) is 63.6 Å². The van der Waals surface area contributed by atoms with Gasteiger partial charge in [0.2, 0.25) is 5.91 Å². The number of esters is 1. The molecule has 3 rings (SSSR count). The van der Waals surface area contributed by atoms with E-state index in [-0.39, 0.29) is 22.0 Å². The fourth-order valence-corrected chi connectivity index (χ4v) is 5.34. The Balaban J connectivity index is 1.66. The Kier molecular flexibility index (Phi) is 9.92. The molecule has 2 aromatic rings. The molecule has 0 radical (unpaired) electrons. The molecule has 3 amide bonds. The molecule has 1 aliphatic rings. The summed E-state index contributed by atoms with van der Waals surface area (Å²) < 4.78 is 10.3. The van der Waals surface area contributed by atoms with Crippen molar-refractivity contribution in [2.24, 2.45) is 0 Å². The molecule has 1 fully saturated rings. The number of nitrogens with one attached hydrogen (secondary N) is 2. The molecule has 9 nitrogen and oxygen atoms in total. The lowest BCUT2D eigenvalue weighted by Crippen LogP contribution is -2.53. The number of rotatable bonds is 7. The van der Waals surface area contributed by atoms with Gasteiger partial charge in [-0.25, -0.2) is 9.59 Å². The van der Waals surface area contributed by atoms with Gasteiger partial charge in [-0.3, -0.25) is 14.5 Å². The van der Waals surface area contributed by atoms with E-state index >= 15 is 0 Å². The monoisotopic (exact) mass is 581 g/mol. The second-order valence-corrected chi connectivity index (χ2v) is 11.3. The summed E-state index contributed by atoms with van der Waals surface area (Å²) in [5.41, 5.74) is 0.660. The molecule has 1 heterocycles. The third-order valence-electron chi connectivity index (χ3n) is 5.46. The average Bonchev–Trinajstić information content (AvgIpc) is 3.33. The van der Waals surface area contributed by atoms with Gasteiger partial charge in [-0.05, 0) is 50.6 Å². The first-order valence-electron chi connectivity index (χ1n) is 11.7. The number of methoxy groups -OCH3 is 1. The number of thioether (sulfide) groups is 1. The van der Waals surface area contributed by atoms with E-state index in [1.165, 1.54) is 23.8 Å². The van der Waals surface area contributed by atoms with E-state index in [2.05, 4.69) is 10.6 Å². The van der Waals surface area contributed by atoms with Crippen LogP contribution in [0.4, 0.5) is 10.5 Å². The molecule has 0 aliphatic carbocycles. The number of anilines is 1. The third kappa shape index (κ3) is 7.78. The number of carbonyl (C=O) groups is 4. The lowest BCUT2D eigenvalue weighted by molar-refractivity contribution is -0.145. The summed E-state index contributed by atoms with van der Waals surface area (Å²) in [6.07, 6.45) is -0.456. The Morgan fingerprint density at radius 3 is 2.29 bits per heavy atom. The van der Waals surface area contributed by atoms with Gasteiger partial charge < -0.3 is 20.1 Å². The number of amides is 3. The van der Waals surface area contributed by atoms with E-state index < -0.39 is 41.6 Å². The molecule has 38 heavy (non-hydrogen) atoms. The number of benzene rings is 2. The SMILES string of the molecule is COC(=O)[C@@H](Cc1ccc(NC(=O)c2c(Cl)cccc2Cl)cc1)NC(=O)[C@H]1CSCN1C(=O)OC(C)(C)C. The minimum atomic E-state index is -0.985. The Labute approximate surface area is 235 Å². The molecule has 2 N–H and O–H groups in total. The molecular formula is C26H29Cl2N3O6S. The normalized spacial score (nSPS) is 15.9. The van der Waals surface area contributed by atoms with Crippen molar-refractivity contribution in [3.8, 4) is 0 Å². The van der Waals surface area contributed by atoms with Gasteiger partial charge in [0.05, 0.1) is 28.6 Å². The number of ether oxygens (including phenoxy) is 2. The fraction of sp³-hybridized carbons (Fsp3) is 0.385. The minimum Gasteiger partial charge on any atom is -0.467 e. The Morgan fingerprint density at radius 2 is 1.71 bits per heavy atom. The first-order chi connectivity index (χ1) is 17.9. The summed E-state index contributed by atoms with van der Waals surface area (Å²) in [5, 5.41) is 5.91. The largest absolute Gasteiger partial charge is 0.467 e. The van der Waals surface area contributed by atoms with Gasteiger partial charge in [-0.2, -0.15) is 0 Å². The Hall–Kier alpha value is -2.95. The van der Waals surface area contributed by atoms with Gasteiger partial charge in [-0.1, -0.05) is 41.4 Å². The zero-order valence-corrected chi connectivity index (χ0v) is 23.7. The molecule has 1 aliphatic heterocycles. The quantitative estimate of drug-likeness (QED) is 0.453. The zero-order valence-electron chi connectivity index (χ0n) is 21.4. The average molecular weight is 583 g/mol. The van der Waals surface area contributed by atoms with Crippen LogP contribution in [-0.4, -0.2) is 65.2 Å². The lowest BCUT2D eigenvalue weighted by Gasteiger charge is -2.28. The topological polar surface area (TPSA) is 114 Å². The summed E-state index contributed by atoms with van der Waals surface area (Å²) >= 11 is 13.6. The lowest BCUT2D eigenvalue weighted by atomic mass is 10.0. The molecule has 0 aromatic heterocycles. The number of halogens is 2. The van der Waals surface area contributed by atoms with Crippen molar-refractivity contribution in [1.82, 2.24) is 10.2 Å². The second-order valence-electron chi connectivity index (χ2n) is 9.50. The first-order valence-corrected chi connectivity index (χ1v) is 13.6. The number of nitrogens with zero attached hydrogens (tertiary/aromatic N) is 1. The molecule has 0 spiro atoms. The van der Waals surface area contributed by atoms with Gasteiger partial charge in [0, 0.05) is 17.9 Å². The highest BCUT2D eigenvalue weighted by atomic mass is 35.5. The summed E-state index contributed by atoms with van der Waals surface area (Å²) in [6.45, 7) is 5.25. The highest BCUT2D eigenvalue weighted by Crippen LogP contribution is 2.26. The maximum Gasteiger partial charge on any atom is 0.411 e. The summed E-state index contributed by atoms with van der Waals surface area (Å²) in [4.78, 5) is 52.1. The Morgan fingerprint density at radius 1 is 1.08 bits per heavy atom. The van der Waals surface area contributed by atoms with Crippen LogP contribution in [0.25, 0.3) is 0 Å². The van der Waals surface area contributed by atoms with Crippen LogP contribution >= 0.6 is 35.0 Å². The molecule has 2 atom stereocenters. The van der Waals surface area contributed by atoms with Crippen molar-refractivity contribution in [1.29, 1.82) is 0 Å². The van der Waals surface area contributed by atoms with Crippen LogP contribution in [0.1, 0.15) is 36.7 Å². The smallest absolute Gasteiger partial charge is 0.411 e. The van der Waals surface area contributed by atoms with Crippen LogP contribution in [0.3, 0.4) is 0 Å². The summed E-state index contributed by atoms with van der Waals surface area (Å²) in [7, 11) is 1.23. The molecule has 0 unspecified atom stereocenters. The fourth-order valence-electron chi connectivity index (χ4n) is 3.63. The minimum absolute atomic E-state index is 0.134. The van der Waals surface area contributed by atoms with E-state index in [0.29, 0.717) is 22.9 Å². The second kappa shape index (κ2) is 12.7. The van der Waals surface area contributed by atoms with Crippen molar-refractivity contribution in [2.45, 2.75) is 44.9 Å². The zero-order chi connectivity index (χ0) is 28.0. The highest BCUT2D eigenvalue weighted by molar-refractivity contribution is 7.99. The van der Waals surface area contributed by atoms with Crippen molar-refractivity contribution in [2.75, 3.05) is 24.1 Å². The molecule has 204 valence electrons. The van der Waals surface area contributed by atoms with E-state index in [1.54, 1.807) is 63.2 Å². The Bertz CT molecular complexity index is 1180. The van der Waals surface area contributed by atoms with Crippen LogP contribution < -0.4 is 10.6 Å². The molecule has 1 saturated heterocycles. The van der Waals surface area contributed by atoms with Gasteiger partial charge >= 0.3 is 12.1 Å². The van der Waals surface area contributed by atoms with Crippen LogP contribution in [-0.2, 0) is 25.5 Å². The van der Waals surface area contributed by atoms with Gasteiger partial charge in [0.15, 0.2) is 0 Å². The maximum absolute atomic E-state index is 13.1. The highest BCUT2D eigenvalue weighted by Gasteiger charge is 2.38. The van der Waals surface area contributed by atoms with Crippen LogP contribution in [0.2, 0.25) is 10.0 Å². The standard InChI is InChI=1S/C26H29Cl2N3O6S/c1-26(2,3)37-25(35)31-14-38-13-20(31)22(32)30-19(24(34)36-4)12-15-8-10-16(11-9-15)29-23(33)21-17(27)6-5-7-18(21)28/h5-11,19-20H,12-14H2,1-4H3,(H,29,33)(H,30,32)/t19-,20-/m1/s1. The van der Waals surface area contributed by atoms with Gasteiger partial charge in [0.25, 0.3) is 5.91 Å². The summed E-state index contributed by atoms with van der Waals surface area (Å²) in [6, 6.07) is 9.77. The molecular weight excluding hydrogens is 553 g/mol. The van der Waals surface area contributed by atoms with Crippen molar-refractivity contribution < 1.29 is 28.7 Å². The predicted octanol–water partition coefficient (Wildman–Crippen LogP) is 4.76. The third-order valence-corrected chi connectivity index (χ3v) is 7.10. The van der Waals surface area contributed by atoms with E-state index in [4.69, 9.17) is 32.7 Å². The van der Waals surface area contributed by atoms with Gasteiger partial charge in [-0.15, -0.1) is 11.8 Å². The molecule has 2 aromatic carbocycles. The number of hydrogen-bond acceptors (Lipinski definition) is 7. The van der Waals surface area contributed by atoms with E-state index in [1.807, 2.05) is 0 Å². The number of hydrogen-bond donors (Lipinski definition) is 2. The van der Waals surface area contributed by atoms with Crippen LogP contribution in [0.15, 0.2) is 42.5 Å². The van der Waals surface area contributed by atoms with E-state index in [0.717, 1.165) is 0 Å². The van der Waals surface area contributed by atoms with Crippen LogP contribution in [0, 0.1) is 0 Å². The van der Waals surface area contributed by atoms with E-state index in [9.17, 15) is 19.2 Å². The van der Waals surface area contributed by atoms with Crippen LogP contribution in [0.5, 0.6) is 0 Å².